The van der Waals surface area contributed by atoms with Crippen LogP contribution in [0.15, 0.2) is 0 Å². The smallest absolute Gasteiger partial charge is 0.138 e. The summed E-state index contributed by atoms with van der Waals surface area (Å²) in [6, 6.07) is 0. The zero-order chi connectivity index (χ0) is 12.1. The van der Waals surface area contributed by atoms with E-state index in [1.807, 2.05) is 0 Å². The molecule has 0 heterocycles. The van der Waals surface area contributed by atoms with Crippen LogP contribution in [0.4, 0.5) is 0 Å². The molecule has 1 aliphatic rings. The zero-order valence-corrected chi connectivity index (χ0v) is 11.0. The van der Waals surface area contributed by atoms with E-state index in [9.17, 15) is 4.79 Å². The Morgan fingerprint density at radius 2 is 2.00 bits per heavy atom. The van der Waals surface area contributed by atoms with Gasteiger partial charge in [0.2, 0.25) is 0 Å². The Kier molecular flexibility index (Phi) is 5.47. The van der Waals surface area contributed by atoms with E-state index in [1.165, 1.54) is 6.42 Å². The van der Waals surface area contributed by atoms with E-state index in [2.05, 4.69) is 20.8 Å². The van der Waals surface area contributed by atoms with Crippen molar-refractivity contribution in [3.05, 3.63) is 0 Å². The van der Waals surface area contributed by atoms with Crippen LogP contribution in [0.1, 0.15) is 52.9 Å². The van der Waals surface area contributed by atoms with Crippen LogP contribution in [0.2, 0.25) is 0 Å². The summed E-state index contributed by atoms with van der Waals surface area (Å²) in [5.41, 5.74) is 5.48. The van der Waals surface area contributed by atoms with Crippen molar-refractivity contribution in [3.63, 3.8) is 0 Å². The Balaban J connectivity index is 2.42. The fourth-order valence-corrected chi connectivity index (χ4v) is 2.77. The van der Waals surface area contributed by atoms with Gasteiger partial charge in [0.05, 0.1) is 0 Å². The van der Waals surface area contributed by atoms with Crippen LogP contribution in [-0.2, 0) is 4.79 Å². The molecular weight excluding hydrogens is 198 g/mol. The standard InChI is InChI=1S/C14H27NO/c1-10-6-7-13(9-12(10)3)14(16)11(2)5-4-8-15/h10-13H,4-9,15H2,1-3H3. The Hall–Kier alpha value is -0.370. The predicted octanol–water partition coefficient (Wildman–Crippen LogP) is 3.00. The molecule has 94 valence electrons. The first-order chi connectivity index (χ1) is 7.56. The molecule has 1 fully saturated rings. The first-order valence-corrected chi connectivity index (χ1v) is 6.80. The molecule has 2 nitrogen and oxygen atoms in total. The molecule has 0 saturated heterocycles. The number of hydrogen-bond donors (Lipinski definition) is 1. The maximum Gasteiger partial charge on any atom is 0.138 e. The van der Waals surface area contributed by atoms with Crippen LogP contribution in [0.5, 0.6) is 0 Å². The van der Waals surface area contributed by atoms with Crippen molar-refractivity contribution >= 4 is 5.78 Å². The largest absolute Gasteiger partial charge is 0.330 e. The van der Waals surface area contributed by atoms with Crippen LogP contribution >= 0.6 is 0 Å². The van der Waals surface area contributed by atoms with Gasteiger partial charge in [-0.25, -0.2) is 0 Å². The molecule has 0 aromatic rings. The van der Waals surface area contributed by atoms with Gasteiger partial charge in [0, 0.05) is 11.8 Å². The maximum absolute atomic E-state index is 12.2. The second kappa shape index (κ2) is 6.39. The highest BCUT2D eigenvalue weighted by molar-refractivity contribution is 5.83. The molecule has 0 bridgehead atoms. The van der Waals surface area contributed by atoms with Crippen molar-refractivity contribution in [1.82, 2.24) is 0 Å². The Labute approximate surface area is 100.0 Å². The van der Waals surface area contributed by atoms with E-state index in [-0.39, 0.29) is 5.92 Å². The lowest BCUT2D eigenvalue weighted by atomic mass is 9.72. The lowest BCUT2D eigenvalue weighted by Gasteiger charge is -2.32. The van der Waals surface area contributed by atoms with Crippen molar-refractivity contribution in [2.45, 2.75) is 52.9 Å². The van der Waals surface area contributed by atoms with Gasteiger partial charge in [-0.05, 0) is 50.5 Å². The fraction of sp³-hybridized carbons (Fsp3) is 0.929. The number of nitrogens with two attached hydrogens (primary N) is 1. The van der Waals surface area contributed by atoms with E-state index in [0.717, 1.165) is 31.6 Å². The quantitative estimate of drug-likeness (QED) is 0.781. The number of carbonyl (C=O) groups is 1. The SMILES string of the molecule is CC(CCCN)C(=O)C1CCC(C)C(C)C1. The van der Waals surface area contributed by atoms with Gasteiger partial charge in [0.25, 0.3) is 0 Å². The third kappa shape index (κ3) is 3.58. The first-order valence-electron chi connectivity index (χ1n) is 6.80. The highest BCUT2D eigenvalue weighted by Crippen LogP contribution is 2.35. The highest BCUT2D eigenvalue weighted by atomic mass is 16.1. The lowest BCUT2D eigenvalue weighted by Crippen LogP contribution is -2.30. The van der Waals surface area contributed by atoms with Crippen molar-refractivity contribution in [1.29, 1.82) is 0 Å². The fourth-order valence-electron chi connectivity index (χ4n) is 2.77. The van der Waals surface area contributed by atoms with Crippen molar-refractivity contribution in [3.8, 4) is 0 Å². The Morgan fingerprint density at radius 3 is 2.56 bits per heavy atom. The summed E-state index contributed by atoms with van der Waals surface area (Å²) in [6.45, 7) is 7.37. The second-order valence-corrected chi connectivity index (χ2v) is 5.70. The Morgan fingerprint density at radius 1 is 1.31 bits per heavy atom. The molecule has 4 atom stereocenters. The number of carbonyl (C=O) groups excluding carboxylic acids is 1. The minimum absolute atomic E-state index is 0.217. The topological polar surface area (TPSA) is 43.1 Å². The summed E-state index contributed by atoms with van der Waals surface area (Å²) in [4.78, 5) is 12.2. The minimum atomic E-state index is 0.217. The van der Waals surface area contributed by atoms with Gasteiger partial charge in [0.15, 0.2) is 0 Å². The summed E-state index contributed by atoms with van der Waals surface area (Å²) >= 11 is 0. The predicted molar refractivity (Wildman–Crippen MR) is 68.1 cm³/mol. The summed E-state index contributed by atoms with van der Waals surface area (Å²) in [5, 5.41) is 0. The van der Waals surface area contributed by atoms with E-state index < -0.39 is 0 Å². The molecule has 0 spiro atoms. The first kappa shape index (κ1) is 13.7. The summed E-state index contributed by atoms with van der Waals surface area (Å²) < 4.78 is 0. The van der Waals surface area contributed by atoms with Crippen LogP contribution < -0.4 is 5.73 Å². The van der Waals surface area contributed by atoms with Gasteiger partial charge in [-0.2, -0.15) is 0 Å². The molecule has 1 aliphatic carbocycles. The molecule has 16 heavy (non-hydrogen) atoms. The van der Waals surface area contributed by atoms with Crippen molar-refractivity contribution in [2.24, 2.45) is 29.4 Å². The zero-order valence-electron chi connectivity index (χ0n) is 11.0. The highest BCUT2D eigenvalue weighted by Gasteiger charge is 2.30. The number of rotatable bonds is 5. The maximum atomic E-state index is 12.2. The van der Waals surface area contributed by atoms with Crippen LogP contribution in [-0.4, -0.2) is 12.3 Å². The summed E-state index contributed by atoms with van der Waals surface area (Å²) in [6.07, 6.45) is 5.38. The molecule has 0 radical (unpaired) electrons. The molecule has 2 heteroatoms. The number of ketones is 1. The van der Waals surface area contributed by atoms with E-state index in [4.69, 9.17) is 5.73 Å². The van der Waals surface area contributed by atoms with E-state index >= 15 is 0 Å². The van der Waals surface area contributed by atoms with Gasteiger partial charge >= 0.3 is 0 Å². The minimum Gasteiger partial charge on any atom is -0.330 e. The van der Waals surface area contributed by atoms with Crippen molar-refractivity contribution < 1.29 is 4.79 Å². The molecule has 4 unspecified atom stereocenters. The molecule has 0 aromatic heterocycles. The third-order valence-corrected chi connectivity index (χ3v) is 4.33. The normalized spacial score (nSPS) is 32.4. The molecule has 0 aliphatic heterocycles. The van der Waals surface area contributed by atoms with Gasteiger partial charge in [-0.3, -0.25) is 4.79 Å². The third-order valence-electron chi connectivity index (χ3n) is 4.33. The van der Waals surface area contributed by atoms with Crippen LogP contribution in [0, 0.1) is 23.7 Å². The Bertz CT molecular complexity index is 227. The van der Waals surface area contributed by atoms with E-state index in [1.54, 1.807) is 0 Å². The van der Waals surface area contributed by atoms with E-state index in [0.29, 0.717) is 24.2 Å². The monoisotopic (exact) mass is 225 g/mol. The molecule has 2 N–H and O–H groups in total. The summed E-state index contributed by atoms with van der Waals surface area (Å²) in [5.74, 6) is 2.55. The van der Waals surface area contributed by atoms with Gasteiger partial charge in [-0.15, -0.1) is 0 Å². The molecule has 1 rings (SSSR count). The second-order valence-electron chi connectivity index (χ2n) is 5.70. The van der Waals surface area contributed by atoms with Gasteiger partial charge in [0.1, 0.15) is 5.78 Å². The van der Waals surface area contributed by atoms with Gasteiger partial charge < -0.3 is 5.73 Å². The summed E-state index contributed by atoms with van der Waals surface area (Å²) in [7, 11) is 0. The average molecular weight is 225 g/mol. The lowest BCUT2D eigenvalue weighted by molar-refractivity contribution is -0.128. The molecule has 0 aromatic carbocycles. The van der Waals surface area contributed by atoms with Crippen LogP contribution in [0.3, 0.4) is 0 Å². The number of hydrogen-bond acceptors (Lipinski definition) is 2. The molecule has 1 saturated carbocycles. The molecule has 0 amide bonds. The average Bonchev–Trinajstić information content (AvgIpc) is 2.28. The number of Topliss-reactive ketones (excluding diaryl/α,β-unsaturated/α-hetero) is 1. The van der Waals surface area contributed by atoms with Crippen LogP contribution in [0.25, 0.3) is 0 Å². The van der Waals surface area contributed by atoms with Gasteiger partial charge in [-0.1, -0.05) is 20.8 Å². The molecular formula is C14H27NO. The van der Waals surface area contributed by atoms with Crippen molar-refractivity contribution in [2.75, 3.05) is 6.54 Å².